The van der Waals surface area contributed by atoms with E-state index in [0.717, 1.165) is 0 Å². The molecule has 0 saturated heterocycles. The van der Waals surface area contributed by atoms with Crippen LogP contribution in [0.2, 0.25) is 0 Å². The Labute approximate surface area is 59.6 Å². The molecule has 0 unspecified atom stereocenters. The summed E-state index contributed by atoms with van der Waals surface area (Å²) >= 11 is 0. The molecule has 0 rings (SSSR count). The lowest BCUT2D eigenvalue weighted by Crippen LogP contribution is -2.03. The number of hydrogen-bond donors (Lipinski definition) is 0. The third-order valence-corrected chi connectivity index (χ3v) is 0.681. The van der Waals surface area contributed by atoms with E-state index in [1.165, 1.54) is 6.08 Å². The Hall–Kier alpha value is -1.12. The first-order valence-electron chi connectivity index (χ1n) is 2.62. The van der Waals surface area contributed by atoms with Crippen LogP contribution in [0.4, 0.5) is 4.70 Å². The number of halogens is 1. The molecule has 58 valence electrons. The van der Waals surface area contributed by atoms with Gasteiger partial charge < -0.3 is 4.74 Å². The van der Waals surface area contributed by atoms with Gasteiger partial charge >= 0.3 is 5.97 Å². The Balaban J connectivity index is 0. The monoisotopic (exact) mass is 146 g/mol. The summed E-state index contributed by atoms with van der Waals surface area (Å²) in [5, 5.41) is 0. The normalized spacial score (nSPS) is 7.30. The van der Waals surface area contributed by atoms with E-state index in [9.17, 15) is 4.79 Å². The first-order valence-corrected chi connectivity index (χ1v) is 2.62. The average Bonchev–Trinajstić information content (AvgIpc) is 1.82. The molecule has 0 aliphatic heterocycles. The van der Waals surface area contributed by atoms with Gasteiger partial charge in [-0.1, -0.05) is 19.2 Å². The van der Waals surface area contributed by atoms with Gasteiger partial charge in [-0.2, -0.15) is 0 Å². The molecule has 0 N–H and O–H groups in total. The predicted octanol–water partition coefficient (Wildman–Crippen LogP) is 1.44. The zero-order valence-corrected chi connectivity index (χ0v) is 5.92. The molecule has 0 saturated carbocycles. The van der Waals surface area contributed by atoms with Crippen molar-refractivity contribution in [3.8, 4) is 0 Å². The molecule has 0 atom stereocenters. The molecule has 0 radical (unpaired) electrons. The lowest BCUT2D eigenvalue weighted by Gasteiger charge is -1.97. The molecule has 10 heavy (non-hydrogen) atoms. The quantitative estimate of drug-likeness (QED) is 0.342. The zero-order valence-electron chi connectivity index (χ0n) is 5.92. The van der Waals surface area contributed by atoms with Crippen molar-refractivity contribution >= 4 is 5.97 Å². The highest BCUT2D eigenvalue weighted by Crippen LogP contribution is 1.90. The van der Waals surface area contributed by atoms with Gasteiger partial charge in [0, 0.05) is 5.57 Å². The van der Waals surface area contributed by atoms with Crippen molar-refractivity contribution in [1.29, 1.82) is 0 Å². The third-order valence-electron chi connectivity index (χ3n) is 0.681. The van der Waals surface area contributed by atoms with Gasteiger partial charge in [-0.3, -0.25) is 4.70 Å². The van der Waals surface area contributed by atoms with Crippen LogP contribution in [0, 0.1) is 0 Å². The van der Waals surface area contributed by atoms with Crippen LogP contribution in [-0.4, -0.2) is 12.6 Å². The molecule has 0 fully saturated rings. The van der Waals surface area contributed by atoms with Crippen molar-refractivity contribution in [3.05, 3.63) is 24.8 Å². The molecule has 0 amide bonds. The van der Waals surface area contributed by atoms with Crippen LogP contribution in [0.15, 0.2) is 24.8 Å². The average molecular weight is 146 g/mol. The SMILES string of the molecule is C=CCOC(=O)C(=C)C.F. The van der Waals surface area contributed by atoms with Crippen LogP contribution in [0.3, 0.4) is 0 Å². The summed E-state index contributed by atoms with van der Waals surface area (Å²) in [6.07, 6.45) is 1.51. The molecular weight excluding hydrogens is 135 g/mol. The van der Waals surface area contributed by atoms with Gasteiger partial charge in [0.2, 0.25) is 0 Å². The largest absolute Gasteiger partial charge is 0.458 e. The van der Waals surface area contributed by atoms with Gasteiger partial charge in [-0.15, -0.1) is 0 Å². The van der Waals surface area contributed by atoms with Crippen molar-refractivity contribution in [1.82, 2.24) is 0 Å². The van der Waals surface area contributed by atoms with Gasteiger partial charge in [-0.25, -0.2) is 4.79 Å². The molecule has 0 heterocycles. The number of rotatable bonds is 3. The molecule has 0 bridgehead atoms. The highest BCUT2D eigenvalue weighted by atomic mass is 19.0. The van der Waals surface area contributed by atoms with Gasteiger partial charge in [0.05, 0.1) is 0 Å². The van der Waals surface area contributed by atoms with Crippen molar-refractivity contribution in [2.75, 3.05) is 6.61 Å². The second kappa shape index (κ2) is 6.01. The second-order valence-corrected chi connectivity index (χ2v) is 1.67. The maximum atomic E-state index is 10.5. The Kier molecular flexibility index (Phi) is 7.00. The zero-order chi connectivity index (χ0) is 7.28. The summed E-state index contributed by atoms with van der Waals surface area (Å²) in [5.74, 6) is -0.366. The maximum absolute atomic E-state index is 10.5. The Morgan fingerprint density at radius 2 is 2.20 bits per heavy atom. The minimum Gasteiger partial charge on any atom is -0.458 e. The first-order chi connectivity index (χ1) is 4.18. The van der Waals surface area contributed by atoms with Crippen molar-refractivity contribution in [2.45, 2.75) is 6.92 Å². The fourth-order valence-corrected chi connectivity index (χ4v) is 0.258. The van der Waals surface area contributed by atoms with Crippen LogP contribution in [0.25, 0.3) is 0 Å². The standard InChI is InChI=1S/C7H10O2.FH/c1-4-5-9-7(8)6(2)3;/h4H,1-2,5H2,3H3;1H. The molecule has 0 aromatic heterocycles. The molecule has 0 aromatic rings. The highest BCUT2D eigenvalue weighted by Gasteiger charge is 1.98. The number of hydrogen-bond acceptors (Lipinski definition) is 2. The lowest BCUT2D eigenvalue weighted by atomic mass is 10.4. The van der Waals surface area contributed by atoms with Crippen LogP contribution in [0.1, 0.15) is 6.92 Å². The van der Waals surface area contributed by atoms with Crippen molar-refractivity contribution in [3.63, 3.8) is 0 Å². The number of esters is 1. The van der Waals surface area contributed by atoms with Crippen LogP contribution < -0.4 is 0 Å². The Morgan fingerprint density at radius 1 is 1.70 bits per heavy atom. The van der Waals surface area contributed by atoms with Gasteiger partial charge in [0.15, 0.2) is 0 Å². The molecule has 0 aromatic carbocycles. The summed E-state index contributed by atoms with van der Waals surface area (Å²) < 4.78 is 4.60. The van der Waals surface area contributed by atoms with E-state index in [1.54, 1.807) is 6.92 Å². The van der Waals surface area contributed by atoms with Gasteiger partial charge in [0.1, 0.15) is 6.61 Å². The first kappa shape index (κ1) is 11.6. The van der Waals surface area contributed by atoms with E-state index in [4.69, 9.17) is 0 Å². The topological polar surface area (TPSA) is 26.3 Å². The van der Waals surface area contributed by atoms with E-state index in [0.29, 0.717) is 5.57 Å². The van der Waals surface area contributed by atoms with Crippen molar-refractivity contribution < 1.29 is 14.2 Å². The van der Waals surface area contributed by atoms with Crippen LogP contribution >= 0.6 is 0 Å². The number of ether oxygens (including phenoxy) is 1. The molecule has 0 spiro atoms. The summed E-state index contributed by atoms with van der Waals surface area (Å²) in [4.78, 5) is 10.5. The summed E-state index contributed by atoms with van der Waals surface area (Å²) in [6, 6.07) is 0. The highest BCUT2D eigenvalue weighted by molar-refractivity contribution is 5.86. The summed E-state index contributed by atoms with van der Waals surface area (Å²) in [7, 11) is 0. The van der Waals surface area contributed by atoms with Crippen molar-refractivity contribution in [2.24, 2.45) is 0 Å². The van der Waals surface area contributed by atoms with E-state index < -0.39 is 0 Å². The molecule has 3 heteroatoms. The van der Waals surface area contributed by atoms with Gasteiger partial charge in [-0.05, 0) is 6.92 Å². The predicted molar refractivity (Wildman–Crippen MR) is 38.5 cm³/mol. The molecule has 2 nitrogen and oxygen atoms in total. The van der Waals surface area contributed by atoms with E-state index in [2.05, 4.69) is 17.9 Å². The summed E-state index contributed by atoms with van der Waals surface area (Å²) in [5.41, 5.74) is 0.414. The fourth-order valence-electron chi connectivity index (χ4n) is 0.258. The number of carbonyl (C=O) groups excluding carboxylic acids is 1. The van der Waals surface area contributed by atoms with Crippen LogP contribution in [0.5, 0.6) is 0 Å². The van der Waals surface area contributed by atoms with E-state index >= 15 is 0 Å². The molecular formula is C7H11FO2. The lowest BCUT2D eigenvalue weighted by molar-refractivity contribution is -0.137. The maximum Gasteiger partial charge on any atom is 0.333 e. The minimum absolute atomic E-state index is 0. The molecule has 0 aliphatic carbocycles. The van der Waals surface area contributed by atoms with Gasteiger partial charge in [0.25, 0.3) is 0 Å². The third kappa shape index (κ3) is 5.03. The second-order valence-electron chi connectivity index (χ2n) is 1.67. The van der Waals surface area contributed by atoms with E-state index in [-0.39, 0.29) is 17.3 Å². The molecule has 0 aliphatic rings. The van der Waals surface area contributed by atoms with E-state index in [1.807, 2.05) is 0 Å². The number of carbonyl (C=O) groups is 1. The Bertz CT molecular complexity index is 141. The Morgan fingerprint density at radius 3 is 2.50 bits per heavy atom. The summed E-state index contributed by atoms with van der Waals surface area (Å²) in [6.45, 7) is 8.64. The van der Waals surface area contributed by atoms with Crippen LogP contribution in [-0.2, 0) is 9.53 Å². The fraction of sp³-hybridized carbons (Fsp3) is 0.286. The smallest absolute Gasteiger partial charge is 0.333 e. The minimum atomic E-state index is -0.366.